The maximum atomic E-state index is 13.5. The first-order valence-electron chi connectivity index (χ1n) is 28.3. The normalized spacial score (nSPS) is 15.7. The molecule has 0 aromatic heterocycles. The van der Waals surface area contributed by atoms with Crippen LogP contribution in [-0.4, -0.2) is 98.4 Å². The maximum absolute atomic E-state index is 13.5. The van der Waals surface area contributed by atoms with Crippen molar-refractivity contribution in [1.29, 1.82) is 0 Å². The largest absolute Gasteiger partial charge is 0.465 e. The Bertz CT molecular complexity index is 1150. The summed E-state index contributed by atoms with van der Waals surface area (Å²) in [7, 11) is 3.86. The van der Waals surface area contributed by atoms with Gasteiger partial charge in [0.05, 0.1) is 13.0 Å². The minimum absolute atomic E-state index is 0.0296. The molecule has 0 spiro atoms. The quantitative estimate of drug-likeness (QED) is 0.0332. The Labute approximate surface area is 406 Å². The van der Waals surface area contributed by atoms with Gasteiger partial charge in [-0.25, -0.2) is 0 Å². The molecule has 1 aliphatic rings. The van der Waals surface area contributed by atoms with Crippen molar-refractivity contribution < 1.29 is 38.1 Å². The molecule has 1 fully saturated rings. The highest BCUT2D eigenvalue weighted by Gasteiger charge is 2.39. The van der Waals surface area contributed by atoms with E-state index >= 15 is 0 Å². The number of unbranched alkanes of at least 4 members (excludes halogenated alkanes) is 24. The standard InChI is InChI=1S/C56H106N2O8/c1-7-11-15-19-23-30-38-49(37-29-18-14-10-4)64-54(60)42-34-28-35-44-58-48-51(66-55(61)43-45-57(5)6)47-52(58)56(62)63-46-36-27-22-26-33-41-53(59)65-50(39-31-24-20-16-12-8-2)40-32-25-21-17-13-9-3/h49-52H,7-48H2,1-6H3/t49?,51-,52-/m0/s1. The lowest BCUT2D eigenvalue weighted by atomic mass is 10.0. The molecule has 1 saturated heterocycles. The number of carbonyl (C=O) groups excluding carboxylic acids is 4. The van der Waals surface area contributed by atoms with Gasteiger partial charge in [0, 0.05) is 32.4 Å². The highest BCUT2D eigenvalue weighted by molar-refractivity contribution is 5.76. The van der Waals surface area contributed by atoms with Crippen molar-refractivity contribution in [3.05, 3.63) is 0 Å². The van der Waals surface area contributed by atoms with Gasteiger partial charge in [-0.15, -0.1) is 0 Å². The van der Waals surface area contributed by atoms with Crippen molar-refractivity contribution in [3.8, 4) is 0 Å². The molecule has 66 heavy (non-hydrogen) atoms. The molecule has 388 valence electrons. The van der Waals surface area contributed by atoms with Crippen molar-refractivity contribution in [2.45, 2.75) is 296 Å². The average Bonchev–Trinajstić information content (AvgIpc) is 3.70. The second-order valence-corrected chi connectivity index (χ2v) is 20.1. The number of hydrogen-bond donors (Lipinski definition) is 0. The first-order chi connectivity index (χ1) is 32.1. The summed E-state index contributed by atoms with van der Waals surface area (Å²) in [6, 6.07) is -0.450. The van der Waals surface area contributed by atoms with Crippen molar-refractivity contribution >= 4 is 23.9 Å². The SMILES string of the molecule is CCCCCCCCC(CCCCCC)OC(=O)CCCCCN1C[C@@H](OC(=O)CCN(C)C)C[C@H]1C(=O)OCCCCCCCC(=O)OC(CCCCCCCC)CCCCCCCC. The van der Waals surface area contributed by atoms with Crippen molar-refractivity contribution in [3.63, 3.8) is 0 Å². The maximum Gasteiger partial charge on any atom is 0.323 e. The van der Waals surface area contributed by atoms with Gasteiger partial charge in [0.25, 0.3) is 0 Å². The van der Waals surface area contributed by atoms with Crippen LogP contribution in [0.1, 0.15) is 272 Å². The molecule has 0 aromatic carbocycles. The number of ether oxygens (including phenoxy) is 4. The molecule has 3 atom stereocenters. The number of nitrogens with zero attached hydrogens (tertiary/aromatic N) is 2. The zero-order valence-corrected chi connectivity index (χ0v) is 44.2. The van der Waals surface area contributed by atoms with Crippen LogP contribution in [0.4, 0.5) is 0 Å². The van der Waals surface area contributed by atoms with Gasteiger partial charge in [0.1, 0.15) is 24.4 Å². The summed E-state index contributed by atoms with van der Waals surface area (Å²) < 4.78 is 23.7. The summed E-state index contributed by atoms with van der Waals surface area (Å²) in [6.45, 7) is 11.1. The van der Waals surface area contributed by atoms with Gasteiger partial charge in [0.15, 0.2) is 0 Å². The van der Waals surface area contributed by atoms with Crippen molar-refractivity contribution in [2.24, 2.45) is 0 Å². The summed E-state index contributed by atoms with van der Waals surface area (Å²) in [5, 5.41) is 0. The summed E-state index contributed by atoms with van der Waals surface area (Å²) in [5.74, 6) is -0.625. The van der Waals surface area contributed by atoms with Gasteiger partial charge in [-0.2, -0.15) is 0 Å². The molecule has 0 aromatic rings. The van der Waals surface area contributed by atoms with E-state index in [1.54, 1.807) is 0 Å². The van der Waals surface area contributed by atoms with E-state index in [0.29, 0.717) is 51.9 Å². The monoisotopic (exact) mass is 935 g/mol. The van der Waals surface area contributed by atoms with Crippen LogP contribution in [0.3, 0.4) is 0 Å². The third-order valence-corrected chi connectivity index (χ3v) is 13.4. The minimum Gasteiger partial charge on any atom is -0.465 e. The van der Waals surface area contributed by atoms with Crippen LogP contribution >= 0.6 is 0 Å². The Morgan fingerprint density at radius 3 is 1.33 bits per heavy atom. The third-order valence-electron chi connectivity index (χ3n) is 13.4. The summed E-state index contributed by atoms with van der Waals surface area (Å²) in [4.78, 5) is 55.9. The molecule has 0 radical (unpaired) electrons. The molecule has 0 N–H and O–H groups in total. The van der Waals surface area contributed by atoms with Crippen LogP contribution in [0.15, 0.2) is 0 Å². The van der Waals surface area contributed by atoms with Crippen molar-refractivity contribution in [2.75, 3.05) is 40.3 Å². The van der Waals surface area contributed by atoms with Gasteiger partial charge in [-0.1, -0.05) is 169 Å². The van der Waals surface area contributed by atoms with Crippen molar-refractivity contribution in [1.82, 2.24) is 9.80 Å². The lowest BCUT2D eigenvalue weighted by molar-refractivity contribution is -0.151. The van der Waals surface area contributed by atoms with Gasteiger partial charge < -0.3 is 23.8 Å². The minimum atomic E-state index is -0.450. The second-order valence-electron chi connectivity index (χ2n) is 20.1. The fourth-order valence-corrected chi connectivity index (χ4v) is 9.20. The Hall–Kier alpha value is -2.20. The average molecular weight is 935 g/mol. The van der Waals surface area contributed by atoms with Crippen LogP contribution in [0, 0.1) is 0 Å². The van der Waals surface area contributed by atoms with Gasteiger partial charge in [0.2, 0.25) is 0 Å². The number of hydrogen-bond acceptors (Lipinski definition) is 10. The van der Waals surface area contributed by atoms with E-state index in [9.17, 15) is 19.2 Å². The molecule has 0 amide bonds. The molecule has 10 nitrogen and oxygen atoms in total. The summed E-state index contributed by atoms with van der Waals surface area (Å²) >= 11 is 0. The predicted molar refractivity (Wildman–Crippen MR) is 273 cm³/mol. The molecule has 1 unspecified atom stereocenters. The molecule has 1 rings (SSSR count). The van der Waals surface area contributed by atoms with E-state index in [2.05, 4.69) is 32.6 Å². The number of likely N-dealkylation sites (tertiary alicyclic amines) is 1. The van der Waals surface area contributed by atoms with Gasteiger partial charge >= 0.3 is 23.9 Å². The van der Waals surface area contributed by atoms with Gasteiger partial charge in [-0.05, 0) is 97.7 Å². The Kier molecular flexibility index (Phi) is 41.2. The van der Waals surface area contributed by atoms with E-state index in [-0.39, 0.29) is 42.2 Å². The van der Waals surface area contributed by atoms with E-state index in [1.165, 1.54) is 116 Å². The first-order valence-corrected chi connectivity index (χ1v) is 28.3. The lowest BCUT2D eigenvalue weighted by Crippen LogP contribution is -2.38. The highest BCUT2D eigenvalue weighted by Crippen LogP contribution is 2.24. The Morgan fingerprint density at radius 1 is 0.485 bits per heavy atom. The van der Waals surface area contributed by atoms with Gasteiger partial charge in [-0.3, -0.25) is 24.1 Å². The topological polar surface area (TPSA) is 112 Å². The van der Waals surface area contributed by atoms with Crippen LogP contribution in [0.5, 0.6) is 0 Å². The molecule has 0 saturated carbocycles. The van der Waals surface area contributed by atoms with Crippen LogP contribution in [0.25, 0.3) is 0 Å². The zero-order valence-electron chi connectivity index (χ0n) is 44.2. The summed E-state index contributed by atoms with van der Waals surface area (Å²) in [5.41, 5.74) is 0. The smallest absolute Gasteiger partial charge is 0.323 e. The fourth-order valence-electron chi connectivity index (χ4n) is 9.20. The van der Waals surface area contributed by atoms with E-state index in [1.807, 2.05) is 19.0 Å². The first kappa shape index (κ1) is 61.8. The van der Waals surface area contributed by atoms with Crippen LogP contribution in [0.2, 0.25) is 0 Å². The van der Waals surface area contributed by atoms with Crippen LogP contribution < -0.4 is 0 Å². The number of esters is 4. The van der Waals surface area contributed by atoms with E-state index in [0.717, 1.165) is 103 Å². The Morgan fingerprint density at radius 2 is 0.879 bits per heavy atom. The highest BCUT2D eigenvalue weighted by atomic mass is 16.6. The molecular formula is C56H106N2O8. The molecule has 10 heteroatoms. The lowest BCUT2D eigenvalue weighted by Gasteiger charge is -2.22. The van der Waals surface area contributed by atoms with E-state index < -0.39 is 6.04 Å². The van der Waals surface area contributed by atoms with Crippen LogP contribution in [-0.2, 0) is 38.1 Å². The summed E-state index contributed by atoms with van der Waals surface area (Å²) in [6.07, 6.45) is 39.4. The molecule has 0 aliphatic carbocycles. The molecule has 0 bridgehead atoms. The Balaban J connectivity index is 2.52. The third kappa shape index (κ3) is 35.9. The zero-order chi connectivity index (χ0) is 48.3. The molecule has 1 aliphatic heterocycles. The molecular weight excluding hydrogens is 829 g/mol. The van der Waals surface area contributed by atoms with E-state index in [4.69, 9.17) is 18.9 Å². The molecule has 1 heterocycles. The predicted octanol–water partition coefficient (Wildman–Crippen LogP) is 14.4. The second kappa shape index (κ2) is 44.0. The fraction of sp³-hybridized carbons (Fsp3) is 0.929. The number of rotatable bonds is 47. The number of carbonyl (C=O) groups is 4.